The van der Waals surface area contributed by atoms with Gasteiger partial charge in [-0.15, -0.1) is 0 Å². The van der Waals surface area contributed by atoms with Gasteiger partial charge in [-0.2, -0.15) is 0 Å². The van der Waals surface area contributed by atoms with Crippen LogP contribution in [0.2, 0.25) is 0 Å². The van der Waals surface area contributed by atoms with Crippen LogP contribution in [0.4, 0.5) is 5.69 Å². The Balaban J connectivity index is 1.91. The van der Waals surface area contributed by atoms with E-state index in [1.54, 1.807) is 7.11 Å². The first-order valence-corrected chi connectivity index (χ1v) is 9.63. The van der Waals surface area contributed by atoms with Gasteiger partial charge < -0.3 is 10.1 Å². The third-order valence-electron chi connectivity index (χ3n) is 3.20. The maximum absolute atomic E-state index is 12.2. The Bertz CT molecular complexity index is 867. The Morgan fingerprint density at radius 2 is 2.08 bits per heavy atom. The van der Waals surface area contributed by atoms with Crippen LogP contribution in [-0.2, 0) is 4.79 Å². The summed E-state index contributed by atoms with van der Waals surface area (Å²) >= 11 is 6.98. The average molecular weight is 515 g/mol. The lowest BCUT2D eigenvalue weighted by Crippen LogP contribution is -2.19. The van der Waals surface area contributed by atoms with E-state index < -0.39 is 0 Å². The smallest absolute Gasteiger partial charge is 0.264 e. The number of hydrogen-bond acceptors (Lipinski definition) is 4. The highest BCUT2D eigenvalue weighted by atomic mass is 127. The summed E-state index contributed by atoms with van der Waals surface area (Å²) in [5, 5.41) is 3.38. The molecular formula is C17H12BrIN2O2S. The van der Waals surface area contributed by atoms with Crippen molar-refractivity contribution >= 4 is 73.1 Å². The van der Waals surface area contributed by atoms with Gasteiger partial charge in [-0.3, -0.25) is 4.79 Å². The van der Waals surface area contributed by atoms with Gasteiger partial charge in [0.15, 0.2) is 5.17 Å². The van der Waals surface area contributed by atoms with Crippen molar-refractivity contribution in [3.05, 3.63) is 61.0 Å². The molecule has 0 aliphatic carbocycles. The van der Waals surface area contributed by atoms with Crippen molar-refractivity contribution in [1.29, 1.82) is 0 Å². The Kier molecular flexibility index (Phi) is 5.62. The van der Waals surface area contributed by atoms with Crippen LogP contribution in [0.3, 0.4) is 0 Å². The molecule has 0 bridgehead atoms. The Morgan fingerprint density at radius 1 is 1.29 bits per heavy atom. The van der Waals surface area contributed by atoms with E-state index in [0.717, 1.165) is 19.3 Å². The first kappa shape index (κ1) is 17.5. The minimum atomic E-state index is -0.160. The number of amidine groups is 1. The molecular weight excluding hydrogens is 503 g/mol. The Hall–Kier alpha value is -1.32. The summed E-state index contributed by atoms with van der Waals surface area (Å²) in [5.41, 5.74) is 1.67. The van der Waals surface area contributed by atoms with Crippen molar-refractivity contribution in [2.24, 2.45) is 4.99 Å². The van der Waals surface area contributed by atoms with Gasteiger partial charge in [0.2, 0.25) is 0 Å². The number of carbonyl (C=O) groups is 1. The zero-order valence-electron chi connectivity index (χ0n) is 12.5. The molecule has 1 aliphatic heterocycles. The molecule has 24 heavy (non-hydrogen) atoms. The standard InChI is InChI=1S/C17H12BrIN2O2S/c1-23-14-7-6-11(18)8-10(14)9-15-16(22)21-17(24-15)20-13-5-3-2-4-12(13)19/h2-9H,1H3,(H,20,21,22)/b15-9+. The number of carbonyl (C=O) groups excluding carboxylic acids is 1. The topological polar surface area (TPSA) is 50.7 Å². The van der Waals surface area contributed by atoms with Crippen LogP contribution in [0.15, 0.2) is 56.8 Å². The molecule has 4 nitrogen and oxygen atoms in total. The molecule has 2 aromatic rings. The van der Waals surface area contributed by atoms with Gasteiger partial charge in [-0.05, 0) is 70.8 Å². The first-order chi connectivity index (χ1) is 11.6. The highest BCUT2D eigenvalue weighted by molar-refractivity contribution is 14.1. The summed E-state index contributed by atoms with van der Waals surface area (Å²) in [4.78, 5) is 17.3. The predicted molar refractivity (Wildman–Crippen MR) is 111 cm³/mol. The van der Waals surface area contributed by atoms with Crippen LogP contribution in [0.5, 0.6) is 5.75 Å². The fourth-order valence-corrected chi connectivity index (χ4v) is 3.80. The van der Waals surface area contributed by atoms with Crippen molar-refractivity contribution in [3.8, 4) is 5.75 Å². The molecule has 1 amide bonds. The highest BCUT2D eigenvalue weighted by Crippen LogP contribution is 2.32. The van der Waals surface area contributed by atoms with Crippen molar-refractivity contribution in [3.63, 3.8) is 0 Å². The molecule has 0 spiro atoms. The fourth-order valence-electron chi connectivity index (χ4n) is 2.09. The molecule has 1 saturated heterocycles. The fraction of sp³-hybridized carbons (Fsp3) is 0.0588. The summed E-state index contributed by atoms with van der Waals surface area (Å²) in [6.45, 7) is 0. The van der Waals surface area contributed by atoms with Gasteiger partial charge in [0, 0.05) is 13.6 Å². The van der Waals surface area contributed by atoms with Gasteiger partial charge in [0.1, 0.15) is 5.75 Å². The minimum Gasteiger partial charge on any atom is -0.496 e. The predicted octanol–water partition coefficient (Wildman–Crippen LogP) is 4.95. The molecule has 0 atom stereocenters. The monoisotopic (exact) mass is 514 g/mol. The lowest BCUT2D eigenvalue weighted by molar-refractivity contribution is -0.115. The molecule has 1 fully saturated rings. The van der Waals surface area contributed by atoms with Gasteiger partial charge in [0.25, 0.3) is 5.91 Å². The quantitative estimate of drug-likeness (QED) is 0.465. The van der Waals surface area contributed by atoms with E-state index in [1.165, 1.54) is 11.8 Å². The number of aliphatic imine (C=N–C) groups is 1. The van der Waals surface area contributed by atoms with E-state index in [0.29, 0.717) is 15.8 Å². The zero-order valence-corrected chi connectivity index (χ0v) is 17.1. The van der Waals surface area contributed by atoms with Gasteiger partial charge in [0.05, 0.1) is 17.7 Å². The molecule has 1 heterocycles. The van der Waals surface area contributed by atoms with E-state index in [9.17, 15) is 4.79 Å². The molecule has 122 valence electrons. The van der Waals surface area contributed by atoms with Gasteiger partial charge >= 0.3 is 0 Å². The second-order valence-corrected chi connectivity index (χ2v) is 7.93. The maximum atomic E-state index is 12.2. The SMILES string of the molecule is COc1ccc(Br)cc1/C=C1/SC(=Nc2ccccc2I)NC1=O. The van der Waals surface area contributed by atoms with Crippen LogP contribution >= 0.6 is 50.3 Å². The number of para-hydroxylation sites is 1. The van der Waals surface area contributed by atoms with Crippen LogP contribution in [-0.4, -0.2) is 18.2 Å². The number of nitrogens with zero attached hydrogens (tertiary/aromatic N) is 1. The normalized spacial score (nSPS) is 17.4. The molecule has 1 N–H and O–H groups in total. The van der Waals surface area contributed by atoms with Crippen molar-refractivity contribution in [1.82, 2.24) is 5.32 Å². The molecule has 7 heteroatoms. The summed E-state index contributed by atoms with van der Waals surface area (Å²) in [5.74, 6) is 0.550. The number of nitrogens with one attached hydrogen (secondary N) is 1. The largest absolute Gasteiger partial charge is 0.496 e. The van der Waals surface area contributed by atoms with E-state index in [-0.39, 0.29) is 5.91 Å². The van der Waals surface area contributed by atoms with Crippen LogP contribution in [0, 0.1) is 3.57 Å². The summed E-state index contributed by atoms with van der Waals surface area (Å²) < 4.78 is 7.30. The molecule has 0 radical (unpaired) electrons. The lowest BCUT2D eigenvalue weighted by atomic mass is 10.2. The summed E-state index contributed by atoms with van der Waals surface area (Å²) in [6, 6.07) is 13.4. The van der Waals surface area contributed by atoms with Crippen LogP contribution in [0.25, 0.3) is 6.08 Å². The molecule has 2 aromatic carbocycles. The van der Waals surface area contributed by atoms with E-state index in [1.807, 2.05) is 48.5 Å². The average Bonchev–Trinajstić information content (AvgIpc) is 2.89. The van der Waals surface area contributed by atoms with E-state index in [2.05, 4.69) is 48.8 Å². The minimum absolute atomic E-state index is 0.160. The number of amides is 1. The third-order valence-corrected chi connectivity index (χ3v) is 5.52. The lowest BCUT2D eigenvalue weighted by Gasteiger charge is -2.05. The molecule has 0 saturated carbocycles. The maximum Gasteiger partial charge on any atom is 0.264 e. The Morgan fingerprint density at radius 3 is 2.83 bits per heavy atom. The van der Waals surface area contributed by atoms with Gasteiger partial charge in [-0.25, -0.2) is 4.99 Å². The van der Waals surface area contributed by atoms with Crippen molar-refractivity contribution in [2.75, 3.05) is 7.11 Å². The number of halogens is 2. The Labute approximate surface area is 166 Å². The third kappa shape index (κ3) is 4.01. The molecule has 0 unspecified atom stereocenters. The number of rotatable bonds is 3. The number of benzene rings is 2. The second kappa shape index (κ2) is 7.71. The summed E-state index contributed by atoms with van der Waals surface area (Å²) in [6.07, 6.45) is 1.81. The van der Waals surface area contributed by atoms with Crippen molar-refractivity contribution in [2.45, 2.75) is 0 Å². The number of thioether (sulfide) groups is 1. The first-order valence-electron chi connectivity index (χ1n) is 6.94. The number of hydrogen-bond donors (Lipinski definition) is 1. The van der Waals surface area contributed by atoms with Crippen LogP contribution in [0.1, 0.15) is 5.56 Å². The molecule has 3 rings (SSSR count). The van der Waals surface area contributed by atoms with Crippen molar-refractivity contribution < 1.29 is 9.53 Å². The molecule has 1 aliphatic rings. The molecule has 0 aromatic heterocycles. The van der Waals surface area contributed by atoms with Gasteiger partial charge in [-0.1, -0.05) is 28.1 Å². The highest BCUT2D eigenvalue weighted by Gasteiger charge is 2.24. The van der Waals surface area contributed by atoms with E-state index in [4.69, 9.17) is 4.74 Å². The second-order valence-electron chi connectivity index (χ2n) is 4.82. The summed E-state index contributed by atoms with van der Waals surface area (Å²) in [7, 11) is 1.61. The number of ether oxygens (including phenoxy) is 1. The number of methoxy groups -OCH3 is 1. The van der Waals surface area contributed by atoms with Crippen LogP contribution < -0.4 is 10.1 Å². The van der Waals surface area contributed by atoms with E-state index >= 15 is 0 Å². The zero-order chi connectivity index (χ0) is 17.1.